The van der Waals surface area contributed by atoms with Crippen molar-refractivity contribution in [2.45, 2.75) is 26.3 Å². The van der Waals surface area contributed by atoms with Gasteiger partial charge in [-0.05, 0) is 60.7 Å². The molecule has 4 rings (SSSR count). The maximum atomic E-state index is 12.8. The molecule has 0 atom stereocenters. The molecule has 0 aliphatic heterocycles. The molecule has 0 spiro atoms. The summed E-state index contributed by atoms with van der Waals surface area (Å²) in [6.07, 6.45) is 6.87. The molecule has 0 unspecified atom stereocenters. The number of rotatable bonds is 9. The van der Waals surface area contributed by atoms with Crippen molar-refractivity contribution < 1.29 is 9.53 Å². The van der Waals surface area contributed by atoms with Crippen LogP contribution in [0.25, 0.3) is 10.2 Å². The van der Waals surface area contributed by atoms with Gasteiger partial charge in [-0.25, -0.2) is 9.97 Å². The number of thiophene rings is 1. The number of carbonyl (C=O) groups excluding carboxylic acids is 1. The molecule has 0 aliphatic rings. The Labute approximate surface area is 190 Å². The van der Waals surface area contributed by atoms with E-state index in [1.54, 1.807) is 19.5 Å². The van der Waals surface area contributed by atoms with Gasteiger partial charge in [0.1, 0.15) is 22.7 Å². The first-order chi connectivity index (χ1) is 15.7. The quantitative estimate of drug-likeness (QED) is 0.370. The lowest BCUT2D eigenvalue weighted by Crippen LogP contribution is -2.24. The predicted octanol–water partition coefficient (Wildman–Crippen LogP) is 4.38. The molecule has 0 bridgehead atoms. The van der Waals surface area contributed by atoms with Gasteiger partial charge >= 0.3 is 0 Å². The van der Waals surface area contributed by atoms with Gasteiger partial charge in [-0.1, -0.05) is 12.1 Å². The summed E-state index contributed by atoms with van der Waals surface area (Å²) in [7, 11) is 1.65. The molecule has 8 heteroatoms. The van der Waals surface area contributed by atoms with Gasteiger partial charge in [-0.2, -0.15) is 0 Å². The van der Waals surface area contributed by atoms with Gasteiger partial charge in [0.2, 0.25) is 0 Å². The van der Waals surface area contributed by atoms with E-state index in [9.17, 15) is 4.79 Å². The number of carbonyl (C=O) groups is 1. The topological polar surface area (TPSA) is 89.0 Å². The normalized spacial score (nSPS) is 10.8. The molecule has 0 fully saturated rings. The highest BCUT2D eigenvalue weighted by Gasteiger charge is 2.19. The number of hydrogen-bond acceptors (Lipinski definition) is 7. The lowest BCUT2D eigenvalue weighted by Gasteiger charge is -2.09. The van der Waals surface area contributed by atoms with Crippen LogP contribution in [0.5, 0.6) is 5.75 Å². The number of methoxy groups -OCH3 is 1. The number of nitrogens with zero attached hydrogens (tertiary/aromatic N) is 3. The maximum absolute atomic E-state index is 12.8. The lowest BCUT2D eigenvalue weighted by molar-refractivity contribution is 0.0957. The van der Waals surface area contributed by atoms with Gasteiger partial charge in [-0.3, -0.25) is 9.78 Å². The lowest BCUT2D eigenvalue weighted by atomic mass is 10.1. The fourth-order valence-electron chi connectivity index (χ4n) is 3.51. The second-order valence-corrected chi connectivity index (χ2v) is 8.38. The summed E-state index contributed by atoms with van der Waals surface area (Å²) in [6.45, 7) is 3.15. The molecule has 0 aliphatic carbocycles. The third kappa shape index (κ3) is 5.03. The third-order valence-corrected chi connectivity index (χ3v) is 6.40. The largest absolute Gasteiger partial charge is 0.497 e. The van der Waals surface area contributed by atoms with Crippen molar-refractivity contribution in [1.29, 1.82) is 0 Å². The van der Waals surface area contributed by atoms with Crippen molar-refractivity contribution in [3.63, 3.8) is 0 Å². The van der Waals surface area contributed by atoms with Gasteiger partial charge in [0.05, 0.1) is 17.4 Å². The van der Waals surface area contributed by atoms with E-state index in [1.165, 1.54) is 23.2 Å². The third-order valence-electron chi connectivity index (χ3n) is 5.20. The van der Waals surface area contributed by atoms with Crippen molar-refractivity contribution in [3.8, 4) is 5.75 Å². The van der Waals surface area contributed by atoms with Crippen molar-refractivity contribution in [1.82, 2.24) is 20.3 Å². The summed E-state index contributed by atoms with van der Waals surface area (Å²) in [5.74, 6) is 1.47. The molecule has 164 valence electrons. The number of aryl methyl sites for hydroxylation is 2. The first kappa shape index (κ1) is 21.7. The fourth-order valence-corrected chi connectivity index (χ4v) is 4.58. The highest BCUT2D eigenvalue weighted by molar-refractivity contribution is 7.20. The molecule has 0 saturated carbocycles. The van der Waals surface area contributed by atoms with Crippen LogP contribution in [0.15, 0.2) is 55.1 Å². The average molecular weight is 448 g/mol. The van der Waals surface area contributed by atoms with Crippen molar-refractivity contribution in [3.05, 3.63) is 76.7 Å². The molecule has 1 aromatic carbocycles. The minimum atomic E-state index is -0.0704. The first-order valence-electron chi connectivity index (χ1n) is 10.4. The van der Waals surface area contributed by atoms with Gasteiger partial charge < -0.3 is 15.4 Å². The van der Waals surface area contributed by atoms with Gasteiger partial charge in [0.15, 0.2) is 0 Å². The Bertz CT molecular complexity index is 1210. The Morgan fingerprint density at radius 2 is 1.97 bits per heavy atom. The van der Waals surface area contributed by atoms with Crippen LogP contribution in [0.2, 0.25) is 0 Å². The van der Waals surface area contributed by atoms with Gasteiger partial charge in [-0.15, -0.1) is 11.3 Å². The van der Waals surface area contributed by atoms with Crippen molar-refractivity contribution >= 4 is 33.3 Å². The van der Waals surface area contributed by atoms with Crippen LogP contribution in [-0.4, -0.2) is 34.5 Å². The van der Waals surface area contributed by atoms with E-state index in [4.69, 9.17) is 4.74 Å². The van der Waals surface area contributed by atoms with E-state index in [0.717, 1.165) is 45.8 Å². The Balaban J connectivity index is 1.43. The van der Waals surface area contributed by atoms with E-state index in [2.05, 4.69) is 25.6 Å². The molecule has 0 radical (unpaired) electrons. The van der Waals surface area contributed by atoms with E-state index in [0.29, 0.717) is 18.0 Å². The second-order valence-electron chi connectivity index (χ2n) is 7.38. The SMILES string of the molecule is COc1cccc(CNc2ncnc3sc(C(=O)NCCCc4ccncc4)c(C)c23)c1. The van der Waals surface area contributed by atoms with Crippen LogP contribution in [0.3, 0.4) is 0 Å². The van der Waals surface area contributed by atoms with E-state index in [-0.39, 0.29) is 5.91 Å². The van der Waals surface area contributed by atoms with Crippen LogP contribution < -0.4 is 15.4 Å². The zero-order chi connectivity index (χ0) is 22.3. The van der Waals surface area contributed by atoms with E-state index in [1.807, 2.05) is 43.3 Å². The Morgan fingerprint density at radius 3 is 2.78 bits per heavy atom. The van der Waals surface area contributed by atoms with Crippen molar-refractivity contribution in [2.75, 3.05) is 19.0 Å². The highest BCUT2D eigenvalue weighted by Crippen LogP contribution is 2.33. The number of benzene rings is 1. The van der Waals surface area contributed by atoms with E-state index >= 15 is 0 Å². The van der Waals surface area contributed by atoms with Crippen LogP contribution in [0.1, 0.15) is 32.8 Å². The number of nitrogens with one attached hydrogen (secondary N) is 2. The number of amides is 1. The Hall–Kier alpha value is -3.52. The van der Waals surface area contributed by atoms with Crippen LogP contribution >= 0.6 is 11.3 Å². The summed E-state index contributed by atoms with van der Waals surface area (Å²) in [5, 5.41) is 7.31. The Kier molecular flexibility index (Phi) is 6.91. The first-order valence-corrected chi connectivity index (χ1v) is 11.3. The molecule has 0 saturated heterocycles. The summed E-state index contributed by atoms with van der Waals surface area (Å²) < 4.78 is 5.29. The molecular weight excluding hydrogens is 422 g/mol. The molecule has 2 N–H and O–H groups in total. The number of aromatic nitrogens is 3. The fraction of sp³-hybridized carbons (Fsp3) is 0.250. The number of anilines is 1. The van der Waals surface area contributed by atoms with Crippen LogP contribution in [-0.2, 0) is 13.0 Å². The van der Waals surface area contributed by atoms with Gasteiger partial charge in [0.25, 0.3) is 5.91 Å². The average Bonchev–Trinajstić information content (AvgIpc) is 3.18. The number of ether oxygens (including phenoxy) is 1. The summed E-state index contributed by atoms with van der Waals surface area (Å²) in [6, 6.07) is 11.9. The zero-order valence-corrected chi connectivity index (χ0v) is 18.9. The summed E-state index contributed by atoms with van der Waals surface area (Å²) in [4.78, 5) is 27.1. The molecule has 32 heavy (non-hydrogen) atoms. The monoisotopic (exact) mass is 447 g/mol. The summed E-state index contributed by atoms with van der Waals surface area (Å²) in [5.41, 5.74) is 3.19. The Morgan fingerprint density at radius 1 is 1.12 bits per heavy atom. The molecule has 3 heterocycles. The standard InChI is InChI=1S/C24H25N5O2S/c1-16-20-22(27-14-18-5-3-7-19(13-18)31-2)28-15-29-24(20)32-21(16)23(30)26-10-4-6-17-8-11-25-12-9-17/h3,5,7-9,11-13,15H,4,6,10,14H2,1-2H3,(H,26,30)(H,27,28,29). The predicted molar refractivity (Wildman–Crippen MR) is 127 cm³/mol. The summed E-state index contributed by atoms with van der Waals surface area (Å²) >= 11 is 1.40. The molecule has 4 aromatic rings. The number of pyridine rings is 1. The molecule has 3 aromatic heterocycles. The number of hydrogen-bond donors (Lipinski definition) is 2. The van der Waals surface area contributed by atoms with Crippen LogP contribution in [0, 0.1) is 6.92 Å². The zero-order valence-electron chi connectivity index (χ0n) is 18.1. The highest BCUT2D eigenvalue weighted by atomic mass is 32.1. The minimum Gasteiger partial charge on any atom is -0.497 e. The smallest absolute Gasteiger partial charge is 0.261 e. The van der Waals surface area contributed by atoms with Crippen molar-refractivity contribution in [2.24, 2.45) is 0 Å². The molecule has 7 nitrogen and oxygen atoms in total. The molecule has 1 amide bonds. The van der Waals surface area contributed by atoms with Crippen LogP contribution in [0.4, 0.5) is 5.82 Å². The molecular formula is C24H25N5O2S. The second kappa shape index (κ2) is 10.2. The number of fused-ring (bicyclic) bond motifs is 1. The maximum Gasteiger partial charge on any atom is 0.261 e. The minimum absolute atomic E-state index is 0.0704. The van der Waals surface area contributed by atoms with Gasteiger partial charge in [0, 0.05) is 25.5 Å². The van der Waals surface area contributed by atoms with E-state index < -0.39 is 0 Å².